The second-order valence-corrected chi connectivity index (χ2v) is 4.24. The lowest BCUT2D eigenvalue weighted by Crippen LogP contribution is -2.13. The van der Waals surface area contributed by atoms with Gasteiger partial charge in [0.1, 0.15) is 18.0 Å². The van der Waals surface area contributed by atoms with E-state index in [0.29, 0.717) is 24.1 Å². The maximum Gasteiger partial charge on any atom is 0.218 e. The molecule has 2 aromatic heterocycles. The predicted octanol–water partition coefficient (Wildman–Crippen LogP) is 1.49. The molecule has 0 saturated carbocycles. The van der Waals surface area contributed by atoms with Crippen LogP contribution in [0.25, 0.3) is 0 Å². The Hall–Kier alpha value is -2.18. The van der Waals surface area contributed by atoms with Gasteiger partial charge in [-0.15, -0.1) is 10.2 Å². The molecule has 0 fully saturated rings. The van der Waals surface area contributed by atoms with Gasteiger partial charge in [0.2, 0.25) is 5.88 Å². The molecule has 7 nitrogen and oxygen atoms in total. The number of rotatable bonds is 5. The largest absolute Gasteiger partial charge is 0.478 e. The van der Waals surface area contributed by atoms with Crippen molar-refractivity contribution in [3.05, 3.63) is 24.0 Å². The van der Waals surface area contributed by atoms with Crippen molar-refractivity contribution in [2.24, 2.45) is 7.05 Å². The van der Waals surface area contributed by atoms with Gasteiger partial charge in [-0.1, -0.05) is 0 Å². The summed E-state index contributed by atoms with van der Waals surface area (Å²) in [5, 5.41) is 11.2. The summed E-state index contributed by atoms with van der Waals surface area (Å²) < 4.78 is 7.27. The van der Waals surface area contributed by atoms with Crippen molar-refractivity contribution in [3.8, 4) is 5.88 Å². The van der Waals surface area contributed by atoms with E-state index >= 15 is 0 Å². The molecule has 102 valence electrons. The van der Waals surface area contributed by atoms with Crippen LogP contribution in [0.4, 0.5) is 5.82 Å². The summed E-state index contributed by atoms with van der Waals surface area (Å²) in [4.78, 5) is 8.54. The van der Waals surface area contributed by atoms with Gasteiger partial charge < -0.3 is 14.6 Å². The Morgan fingerprint density at radius 3 is 2.84 bits per heavy atom. The van der Waals surface area contributed by atoms with E-state index < -0.39 is 0 Å². The summed E-state index contributed by atoms with van der Waals surface area (Å²) in [5.74, 6) is 2.79. The maximum atomic E-state index is 5.40. The highest BCUT2D eigenvalue weighted by molar-refractivity contribution is 5.39. The summed E-state index contributed by atoms with van der Waals surface area (Å²) in [6, 6.07) is 1.78. The molecule has 19 heavy (non-hydrogen) atoms. The van der Waals surface area contributed by atoms with E-state index in [9.17, 15) is 0 Å². The van der Waals surface area contributed by atoms with Gasteiger partial charge in [0.15, 0.2) is 5.82 Å². The standard InChI is InChI=1S/C12H18N6O/c1-5-19-11-6-10(15-9(3)16-11)14-8(2)12-17-13-7-18(12)4/h6-8H,5H2,1-4H3,(H,14,15,16). The molecule has 0 bridgehead atoms. The minimum Gasteiger partial charge on any atom is -0.478 e. The molecule has 1 N–H and O–H groups in total. The Labute approximate surface area is 112 Å². The zero-order valence-electron chi connectivity index (χ0n) is 11.6. The molecule has 0 radical (unpaired) electrons. The molecule has 2 rings (SSSR count). The summed E-state index contributed by atoms with van der Waals surface area (Å²) in [6.45, 7) is 6.34. The van der Waals surface area contributed by atoms with Crippen molar-refractivity contribution >= 4 is 5.82 Å². The summed E-state index contributed by atoms with van der Waals surface area (Å²) in [5.41, 5.74) is 0. The summed E-state index contributed by atoms with van der Waals surface area (Å²) in [7, 11) is 1.91. The molecule has 0 saturated heterocycles. The third-order valence-electron chi connectivity index (χ3n) is 2.60. The van der Waals surface area contributed by atoms with Crippen LogP contribution in [0.1, 0.15) is 31.5 Å². The molecular formula is C12H18N6O. The maximum absolute atomic E-state index is 5.40. The lowest BCUT2D eigenvalue weighted by molar-refractivity contribution is 0.325. The van der Waals surface area contributed by atoms with Crippen LogP contribution >= 0.6 is 0 Å². The number of anilines is 1. The number of nitrogens with one attached hydrogen (secondary N) is 1. The molecule has 1 unspecified atom stereocenters. The fraction of sp³-hybridized carbons (Fsp3) is 0.500. The highest BCUT2D eigenvalue weighted by Gasteiger charge is 2.12. The highest BCUT2D eigenvalue weighted by Crippen LogP contribution is 2.18. The first kappa shape index (κ1) is 13.3. The minimum atomic E-state index is -0.00345. The zero-order chi connectivity index (χ0) is 13.8. The molecule has 0 amide bonds. The second kappa shape index (κ2) is 5.64. The Kier molecular flexibility index (Phi) is 3.94. The lowest BCUT2D eigenvalue weighted by Gasteiger charge is -2.14. The van der Waals surface area contributed by atoms with Crippen LogP contribution in [0.2, 0.25) is 0 Å². The molecule has 0 aromatic carbocycles. The van der Waals surface area contributed by atoms with Crippen LogP contribution in [0.3, 0.4) is 0 Å². The van der Waals surface area contributed by atoms with Gasteiger partial charge >= 0.3 is 0 Å². The molecular weight excluding hydrogens is 244 g/mol. The first-order valence-corrected chi connectivity index (χ1v) is 6.19. The van der Waals surface area contributed by atoms with Crippen LogP contribution in [0, 0.1) is 6.92 Å². The van der Waals surface area contributed by atoms with Gasteiger partial charge in [0.25, 0.3) is 0 Å². The van der Waals surface area contributed by atoms with E-state index in [0.717, 1.165) is 5.82 Å². The third kappa shape index (κ3) is 3.18. The van der Waals surface area contributed by atoms with Gasteiger partial charge in [-0.2, -0.15) is 4.98 Å². The smallest absolute Gasteiger partial charge is 0.218 e. The van der Waals surface area contributed by atoms with Crippen molar-refractivity contribution < 1.29 is 4.74 Å². The second-order valence-electron chi connectivity index (χ2n) is 4.24. The zero-order valence-corrected chi connectivity index (χ0v) is 11.6. The fourth-order valence-corrected chi connectivity index (χ4v) is 1.81. The normalized spacial score (nSPS) is 12.2. The van der Waals surface area contributed by atoms with Gasteiger partial charge in [0, 0.05) is 13.1 Å². The number of hydrogen-bond acceptors (Lipinski definition) is 6. The van der Waals surface area contributed by atoms with Crippen molar-refractivity contribution in [2.45, 2.75) is 26.8 Å². The van der Waals surface area contributed by atoms with Crippen LogP contribution in [0.15, 0.2) is 12.4 Å². The average molecular weight is 262 g/mol. The molecule has 0 aliphatic heterocycles. The number of ether oxygens (including phenoxy) is 1. The van der Waals surface area contributed by atoms with Gasteiger partial charge in [-0.3, -0.25) is 0 Å². The van der Waals surface area contributed by atoms with Gasteiger partial charge in [0.05, 0.1) is 12.6 Å². The van der Waals surface area contributed by atoms with Gasteiger partial charge in [-0.05, 0) is 20.8 Å². The first-order chi connectivity index (χ1) is 9.10. The molecule has 2 heterocycles. The molecule has 1 atom stereocenters. The quantitative estimate of drug-likeness (QED) is 0.879. The Balaban J connectivity index is 2.16. The van der Waals surface area contributed by atoms with Gasteiger partial charge in [-0.25, -0.2) is 4.98 Å². The van der Waals surface area contributed by atoms with Crippen molar-refractivity contribution in [1.82, 2.24) is 24.7 Å². The number of aryl methyl sites for hydroxylation is 2. The topological polar surface area (TPSA) is 77.8 Å². The molecule has 7 heteroatoms. The molecule has 0 aliphatic carbocycles. The highest BCUT2D eigenvalue weighted by atomic mass is 16.5. The summed E-state index contributed by atoms with van der Waals surface area (Å²) >= 11 is 0. The van der Waals surface area contributed by atoms with E-state index in [1.807, 2.05) is 32.4 Å². The van der Waals surface area contributed by atoms with Crippen LogP contribution in [0.5, 0.6) is 5.88 Å². The Morgan fingerprint density at radius 2 is 2.21 bits per heavy atom. The molecule has 0 spiro atoms. The lowest BCUT2D eigenvalue weighted by atomic mass is 10.3. The van der Waals surface area contributed by atoms with E-state index in [2.05, 4.69) is 25.5 Å². The molecule has 2 aromatic rings. The fourth-order valence-electron chi connectivity index (χ4n) is 1.81. The number of nitrogens with zero attached hydrogens (tertiary/aromatic N) is 5. The van der Waals surface area contributed by atoms with Crippen molar-refractivity contribution in [2.75, 3.05) is 11.9 Å². The average Bonchev–Trinajstić information content (AvgIpc) is 2.75. The Morgan fingerprint density at radius 1 is 1.42 bits per heavy atom. The Bertz CT molecular complexity index is 553. The number of hydrogen-bond donors (Lipinski definition) is 1. The minimum absolute atomic E-state index is 0.00345. The van der Waals surface area contributed by atoms with E-state index in [1.54, 1.807) is 12.4 Å². The summed E-state index contributed by atoms with van der Waals surface area (Å²) in [6.07, 6.45) is 1.67. The van der Waals surface area contributed by atoms with Crippen LogP contribution in [-0.4, -0.2) is 31.3 Å². The van der Waals surface area contributed by atoms with E-state index in [-0.39, 0.29) is 6.04 Å². The number of aromatic nitrogens is 5. The predicted molar refractivity (Wildman–Crippen MR) is 71.0 cm³/mol. The SMILES string of the molecule is CCOc1cc(NC(C)c2nncn2C)nc(C)n1. The van der Waals surface area contributed by atoms with Crippen LogP contribution in [-0.2, 0) is 7.05 Å². The van der Waals surface area contributed by atoms with E-state index in [4.69, 9.17) is 4.74 Å². The monoisotopic (exact) mass is 262 g/mol. The molecule has 0 aliphatic rings. The third-order valence-corrected chi connectivity index (χ3v) is 2.60. The van der Waals surface area contributed by atoms with E-state index in [1.165, 1.54) is 0 Å². The van der Waals surface area contributed by atoms with Crippen molar-refractivity contribution in [1.29, 1.82) is 0 Å². The van der Waals surface area contributed by atoms with Crippen LogP contribution < -0.4 is 10.1 Å². The van der Waals surface area contributed by atoms with Crippen molar-refractivity contribution in [3.63, 3.8) is 0 Å². The first-order valence-electron chi connectivity index (χ1n) is 6.19.